The highest BCUT2D eigenvalue weighted by Gasteiger charge is 2.17. The standard InChI is InChI=1S/C16H18N2O3/c1-10(2)16-17-15(21-18-16)9-20-12-6-7-13-11(8-12)4-3-5-14(13)19/h6-8,10H,3-5,9H2,1-2H3. The third-order valence-corrected chi connectivity index (χ3v) is 3.59. The van der Waals surface area contributed by atoms with Crippen LogP contribution in [0.15, 0.2) is 22.7 Å². The minimum absolute atomic E-state index is 0.223. The number of carbonyl (C=O) groups excluding carboxylic acids is 1. The molecule has 1 aliphatic carbocycles. The van der Waals surface area contributed by atoms with Crippen LogP contribution in [0, 0.1) is 0 Å². The van der Waals surface area contributed by atoms with Crippen molar-refractivity contribution in [1.82, 2.24) is 10.1 Å². The predicted molar refractivity (Wildman–Crippen MR) is 76.4 cm³/mol. The predicted octanol–water partition coefficient (Wildman–Crippen LogP) is 3.29. The van der Waals surface area contributed by atoms with E-state index in [1.54, 1.807) is 0 Å². The second kappa shape index (κ2) is 5.68. The van der Waals surface area contributed by atoms with E-state index in [0.717, 1.165) is 29.7 Å². The third kappa shape index (κ3) is 2.96. The number of hydrogen-bond donors (Lipinski definition) is 0. The van der Waals surface area contributed by atoms with E-state index in [1.165, 1.54) is 0 Å². The number of Topliss-reactive ketones (excluding diaryl/α,β-unsaturated/α-hetero) is 1. The van der Waals surface area contributed by atoms with Crippen molar-refractivity contribution >= 4 is 5.78 Å². The quantitative estimate of drug-likeness (QED) is 0.862. The monoisotopic (exact) mass is 286 g/mol. The molecule has 0 saturated heterocycles. The lowest BCUT2D eigenvalue weighted by Gasteiger charge is -2.15. The number of hydrogen-bond acceptors (Lipinski definition) is 5. The van der Waals surface area contributed by atoms with E-state index < -0.39 is 0 Å². The maximum Gasteiger partial charge on any atom is 0.264 e. The lowest BCUT2D eigenvalue weighted by atomic mass is 9.91. The molecule has 2 aromatic rings. The lowest BCUT2D eigenvalue weighted by Crippen LogP contribution is -2.10. The maximum atomic E-state index is 11.8. The van der Waals surface area contributed by atoms with E-state index >= 15 is 0 Å². The van der Waals surface area contributed by atoms with E-state index in [9.17, 15) is 4.79 Å². The first-order valence-electron chi connectivity index (χ1n) is 7.25. The molecular weight excluding hydrogens is 268 g/mol. The Kier molecular flexibility index (Phi) is 3.73. The van der Waals surface area contributed by atoms with Crippen LogP contribution in [0.1, 0.15) is 60.2 Å². The number of carbonyl (C=O) groups is 1. The number of ketones is 1. The molecule has 0 amide bonds. The summed E-state index contributed by atoms with van der Waals surface area (Å²) in [4.78, 5) is 16.0. The largest absolute Gasteiger partial charge is 0.484 e. The molecular formula is C16H18N2O3. The molecule has 5 heteroatoms. The average Bonchev–Trinajstić information content (AvgIpc) is 2.94. The Morgan fingerprint density at radius 2 is 2.19 bits per heavy atom. The molecule has 0 saturated carbocycles. The summed E-state index contributed by atoms with van der Waals surface area (Å²) in [6.45, 7) is 4.26. The summed E-state index contributed by atoms with van der Waals surface area (Å²) in [5.41, 5.74) is 1.89. The van der Waals surface area contributed by atoms with Crippen LogP contribution in [-0.2, 0) is 13.0 Å². The normalized spacial score (nSPS) is 14.3. The highest BCUT2D eigenvalue weighted by Crippen LogP contribution is 2.25. The van der Waals surface area contributed by atoms with Gasteiger partial charge in [-0.25, -0.2) is 0 Å². The van der Waals surface area contributed by atoms with E-state index in [4.69, 9.17) is 9.26 Å². The molecule has 0 fully saturated rings. The molecule has 3 rings (SSSR count). The number of aromatic nitrogens is 2. The third-order valence-electron chi connectivity index (χ3n) is 3.59. The summed E-state index contributed by atoms with van der Waals surface area (Å²) in [5, 5.41) is 3.90. The van der Waals surface area contributed by atoms with Gasteiger partial charge in [-0.15, -0.1) is 0 Å². The van der Waals surface area contributed by atoms with Gasteiger partial charge in [-0.1, -0.05) is 19.0 Å². The Hall–Kier alpha value is -2.17. The van der Waals surface area contributed by atoms with Crippen LogP contribution in [0.2, 0.25) is 0 Å². The van der Waals surface area contributed by atoms with Crippen molar-refractivity contribution in [3.05, 3.63) is 41.0 Å². The molecule has 0 unspecified atom stereocenters. The van der Waals surface area contributed by atoms with Gasteiger partial charge in [0.1, 0.15) is 5.75 Å². The molecule has 0 N–H and O–H groups in total. The summed E-state index contributed by atoms with van der Waals surface area (Å²) >= 11 is 0. The van der Waals surface area contributed by atoms with Crippen molar-refractivity contribution in [2.75, 3.05) is 0 Å². The van der Waals surface area contributed by atoms with Gasteiger partial charge >= 0.3 is 0 Å². The van der Waals surface area contributed by atoms with Gasteiger partial charge in [0.2, 0.25) is 0 Å². The van der Waals surface area contributed by atoms with E-state index in [1.807, 2.05) is 32.0 Å². The zero-order chi connectivity index (χ0) is 14.8. The summed E-state index contributed by atoms with van der Waals surface area (Å²) in [7, 11) is 0. The molecule has 0 atom stereocenters. The minimum atomic E-state index is 0.223. The molecule has 0 spiro atoms. The Labute approximate surface area is 123 Å². The zero-order valence-corrected chi connectivity index (χ0v) is 12.3. The number of fused-ring (bicyclic) bond motifs is 1. The van der Waals surface area contributed by atoms with E-state index in [2.05, 4.69) is 10.1 Å². The topological polar surface area (TPSA) is 65.2 Å². The van der Waals surface area contributed by atoms with Crippen LogP contribution in [0.4, 0.5) is 0 Å². The Morgan fingerprint density at radius 1 is 1.33 bits per heavy atom. The first-order valence-corrected chi connectivity index (χ1v) is 7.25. The van der Waals surface area contributed by atoms with Crippen molar-refractivity contribution in [2.24, 2.45) is 0 Å². The van der Waals surface area contributed by atoms with Crippen molar-refractivity contribution in [3.63, 3.8) is 0 Å². The Bertz CT molecular complexity index is 661. The molecule has 1 aliphatic rings. The van der Waals surface area contributed by atoms with Crippen molar-refractivity contribution < 1.29 is 14.1 Å². The summed E-state index contributed by atoms with van der Waals surface area (Å²) in [5.74, 6) is 2.34. The van der Waals surface area contributed by atoms with Crippen molar-refractivity contribution in [2.45, 2.75) is 45.6 Å². The molecule has 110 valence electrons. The van der Waals surface area contributed by atoms with Gasteiger partial charge in [0, 0.05) is 17.9 Å². The molecule has 0 aliphatic heterocycles. The number of nitrogens with zero attached hydrogens (tertiary/aromatic N) is 2. The van der Waals surface area contributed by atoms with Gasteiger partial charge in [0.25, 0.3) is 5.89 Å². The highest BCUT2D eigenvalue weighted by atomic mass is 16.5. The first-order chi connectivity index (χ1) is 10.1. The lowest BCUT2D eigenvalue weighted by molar-refractivity contribution is 0.0972. The van der Waals surface area contributed by atoms with E-state index in [0.29, 0.717) is 18.1 Å². The van der Waals surface area contributed by atoms with Gasteiger partial charge in [-0.3, -0.25) is 4.79 Å². The number of benzene rings is 1. The summed E-state index contributed by atoms with van der Waals surface area (Å²) in [6.07, 6.45) is 2.49. The van der Waals surface area contributed by atoms with Crippen LogP contribution >= 0.6 is 0 Å². The molecule has 1 heterocycles. The Morgan fingerprint density at radius 3 is 2.95 bits per heavy atom. The maximum absolute atomic E-state index is 11.8. The fourth-order valence-corrected chi connectivity index (χ4v) is 2.42. The smallest absolute Gasteiger partial charge is 0.264 e. The molecule has 5 nitrogen and oxygen atoms in total. The number of ether oxygens (including phenoxy) is 1. The van der Waals surface area contributed by atoms with Crippen molar-refractivity contribution in [3.8, 4) is 5.75 Å². The molecule has 0 radical (unpaired) electrons. The molecule has 21 heavy (non-hydrogen) atoms. The molecule has 1 aromatic carbocycles. The van der Waals surface area contributed by atoms with Gasteiger partial charge in [0.15, 0.2) is 18.2 Å². The summed E-state index contributed by atoms with van der Waals surface area (Å²) < 4.78 is 10.8. The fourth-order valence-electron chi connectivity index (χ4n) is 2.42. The van der Waals surface area contributed by atoms with Crippen LogP contribution < -0.4 is 4.74 Å². The van der Waals surface area contributed by atoms with Gasteiger partial charge in [0.05, 0.1) is 0 Å². The first kappa shape index (κ1) is 13.8. The highest BCUT2D eigenvalue weighted by molar-refractivity contribution is 5.98. The van der Waals surface area contributed by atoms with Gasteiger partial charge in [-0.2, -0.15) is 4.98 Å². The van der Waals surface area contributed by atoms with Crippen LogP contribution in [0.5, 0.6) is 5.75 Å². The average molecular weight is 286 g/mol. The van der Waals surface area contributed by atoms with E-state index in [-0.39, 0.29) is 18.3 Å². The van der Waals surface area contributed by atoms with Crippen molar-refractivity contribution in [1.29, 1.82) is 0 Å². The van der Waals surface area contributed by atoms with Crippen LogP contribution in [-0.4, -0.2) is 15.9 Å². The number of rotatable bonds is 4. The van der Waals surface area contributed by atoms with Gasteiger partial charge < -0.3 is 9.26 Å². The van der Waals surface area contributed by atoms with Gasteiger partial charge in [-0.05, 0) is 36.6 Å². The minimum Gasteiger partial charge on any atom is -0.484 e. The fraction of sp³-hybridized carbons (Fsp3) is 0.438. The SMILES string of the molecule is CC(C)c1noc(COc2ccc3c(c2)CCCC3=O)n1. The second-order valence-corrected chi connectivity index (χ2v) is 5.59. The molecule has 1 aromatic heterocycles. The molecule has 0 bridgehead atoms. The summed E-state index contributed by atoms with van der Waals surface area (Å²) in [6, 6.07) is 5.60. The second-order valence-electron chi connectivity index (χ2n) is 5.59. The van der Waals surface area contributed by atoms with Crippen LogP contribution in [0.3, 0.4) is 0 Å². The number of aryl methyl sites for hydroxylation is 1. The Balaban J connectivity index is 1.69. The zero-order valence-electron chi connectivity index (χ0n) is 12.3. The van der Waals surface area contributed by atoms with Crippen LogP contribution in [0.25, 0.3) is 0 Å².